The van der Waals surface area contributed by atoms with Gasteiger partial charge in [-0.2, -0.15) is 5.10 Å². The molecule has 2 aliphatic carbocycles. The summed E-state index contributed by atoms with van der Waals surface area (Å²) >= 11 is 0. The van der Waals surface area contributed by atoms with Crippen molar-refractivity contribution < 1.29 is 4.79 Å². The van der Waals surface area contributed by atoms with Crippen LogP contribution in [0.5, 0.6) is 0 Å². The largest absolute Gasteiger partial charge is 0.338 e. The highest BCUT2D eigenvalue weighted by Gasteiger charge is 2.61. The van der Waals surface area contributed by atoms with E-state index >= 15 is 0 Å². The van der Waals surface area contributed by atoms with Gasteiger partial charge in [-0.05, 0) is 54.4 Å². The molecule has 1 N–H and O–H groups in total. The second kappa shape index (κ2) is 7.77. The van der Waals surface area contributed by atoms with Crippen molar-refractivity contribution in [3.05, 3.63) is 35.9 Å². The molecule has 4 nitrogen and oxygen atoms in total. The van der Waals surface area contributed by atoms with Crippen LogP contribution in [0.1, 0.15) is 84.1 Å². The highest BCUT2D eigenvalue weighted by atomic mass is 16.2. The lowest BCUT2D eigenvalue weighted by atomic mass is 9.69. The molecule has 3 aliphatic rings. The summed E-state index contributed by atoms with van der Waals surface area (Å²) in [5.41, 5.74) is 2.93. The summed E-state index contributed by atoms with van der Waals surface area (Å²) in [6.07, 6.45) is 8.16. The van der Waals surface area contributed by atoms with Gasteiger partial charge in [-0.15, -0.1) is 0 Å². The number of carbonyl (C=O) groups excluding carboxylic acids is 1. The highest BCUT2D eigenvalue weighted by Crippen LogP contribution is 2.65. The first-order valence-electron chi connectivity index (χ1n) is 11.6. The monoisotopic (exact) mass is 395 g/mol. The van der Waals surface area contributed by atoms with Gasteiger partial charge in [0.05, 0.1) is 6.54 Å². The molecule has 1 heterocycles. The van der Waals surface area contributed by atoms with E-state index in [0.717, 1.165) is 25.2 Å². The maximum atomic E-state index is 13.2. The van der Waals surface area contributed by atoms with Crippen molar-refractivity contribution in [3.63, 3.8) is 0 Å². The predicted molar refractivity (Wildman–Crippen MR) is 119 cm³/mol. The van der Waals surface area contributed by atoms with Gasteiger partial charge in [-0.1, -0.05) is 70.9 Å². The average molecular weight is 396 g/mol. The van der Waals surface area contributed by atoms with Crippen LogP contribution in [0.4, 0.5) is 4.79 Å². The molecule has 1 aliphatic heterocycles. The molecule has 0 aromatic heterocycles. The van der Waals surface area contributed by atoms with Crippen LogP contribution in [0.15, 0.2) is 35.4 Å². The molecule has 2 saturated carbocycles. The Balaban J connectivity index is 1.47. The van der Waals surface area contributed by atoms with E-state index < -0.39 is 0 Å². The number of nitrogens with one attached hydrogen (secondary N) is 1. The van der Waals surface area contributed by atoms with E-state index in [4.69, 9.17) is 5.10 Å². The minimum Gasteiger partial charge on any atom is -0.333 e. The number of amides is 2. The van der Waals surface area contributed by atoms with Crippen LogP contribution in [0, 0.1) is 16.7 Å². The number of benzene rings is 1. The number of nitrogens with zero attached hydrogens (tertiary/aromatic N) is 2. The lowest BCUT2D eigenvalue weighted by molar-refractivity contribution is 0.118. The van der Waals surface area contributed by atoms with Gasteiger partial charge in [0.15, 0.2) is 0 Å². The molecule has 0 saturated heterocycles. The SMILES string of the molecule is CCCCCC1=NN(C(=O)N[C@H]2CC3CCC2(C)C3(C)C)CC1c1ccccc1. The summed E-state index contributed by atoms with van der Waals surface area (Å²) in [6.45, 7) is 10.0. The van der Waals surface area contributed by atoms with E-state index in [1.807, 2.05) is 0 Å². The van der Waals surface area contributed by atoms with Gasteiger partial charge < -0.3 is 5.32 Å². The van der Waals surface area contributed by atoms with Gasteiger partial charge in [0, 0.05) is 17.7 Å². The third kappa shape index (κ3) is 3.49. The first-order chi connectivity index (χ1) is 13.9. The number of hydrogen-bond donors (Lipinski definition) is 1. The standard InChI is InChI=1S/C25H37N3O/c1-5-6-8-13-21-20(18-11-9-7-10-12-18)17-28(27-21)23(29)26-22-16-19-14-15-25(22,4)24(19,2)3/h7,9-12,19-20,22H,5-6,8,13-17H2,1-4H3,(H,26,29)/t19?,20?,22-,25?/m0/s1. The lowest BCUT2D eigenvalue weighted by Gasteiger charge is -2.39. The lowest BCUT2D eigenvalue weighted by Crippen LogP contribution is -2.50. The van der Waals surface area contributed by atoms with Crippen molar-refractivity contribution in [2.75, 3.05) is 6.54 Å². The zero-order valence-corrected chi connectivity index (χ0v) is 18.6. The Bertz CT molecular complexity index is 772. The molecule has 2 bridgehead atoms. The smallest absolute Gasteiger partial charge is 0.333 e. The number of hydrogen-bond acceptors (Lipinski definition) is 2. The van der Waals surface area contributed by atoms with Gasteiger partial charge in [0.1, 0.15) is 0 Å². The van der Waals surface area contributed by atoms with Crippen molar-refractivity contribution in [2.45, 2.75) is 84.6 Å². The minimum absolute atomic E-state index is 0.00834. The van der Waals surface area contributed by atoms with Gasteiger partial charge in [0.25, 0.3) is 0 Å². The van der Waals surface area contributed by atoms with Crippen LogP contribution in [-0.2, 0) is 0 Å². The molecule has 4 heteroatoms. The molecule has 2 fully saturated rings. The summed E-state index contributed by atoms with van der Waals surface area (Å²) in [4.78, 5) is 13.2. The molecule has 158 valence electrons. The Kier molecular flexibility index (Phi) is 5.48. The molecule has 3 unspecified atom stereocenters. The molecule has 0 radical (unpaired) electrons. The van der Waals surface area contributed by atoms with Gasteiger partial charge in [0.2, 0.25) is 0 Å². The number of urea groups is 1. The second-order valence-electron chi connectivity index (χ2n) is 10.2. The van der Waals surface area contributed by atoms with Crippen molar-refractivity contribution in [2.24, 2.45) is 21.8 Å². The molecular formula is C25H37N3O. The normalized spacial score (nSPS) is 32.5. The average Bonchev–Trinajstić information content (AvgIpc) is 3.29. The molecule has 4 atom stereocenters. The highest BCUT2D eigenvalue weighted by molar-refractivity contribution is 5.94. The van der Waals surface area contributed by atoms with Gasteiger partial charge >= 0.3 is 6.03 Å². The molecule has 2 amide bonds. The Morgan fingerprint density at radius 3 is 2.59 bits per heavy atom. The summed E-state index contributed by atoms with van der Waals surface area (Å²) in [5.74, 6) is 0.951. The number of hydrazone groups is 1. The van der Waals surface area contributed by atoms with Gasteiger partial charge in [-0.25, -0.2) is 9.80 Å². The van der Waals surface area contributed by atoms with E-state index in [1.165, 1.54) is 37.0 Å². The van der Waals surface area contributed by atoms with E-state index in [2.05, 4.69) is 63.3 Å². The molecular weight excluding hydrogens is 358 g/mol. The van der Waals surface area contributed by atoms with E-state index in [-0.39, 0.29) is 23.4 Å². The van der Waals surface area contributed by atoms with Crippen molar-refractivity contribution in [3.8, 4) is 0 Å². The van der Waals surface area contributed by atoms with Crippen LogP contribution < -0.4 is 5.32 Å². The molecule has 4 rings (SSSR count). The molecule has 0 spiro atoms. The summed E-state index contributed by atoms with van der Waals surface area (Å²) in [7, 11) is 0. The fourth-order valence-corrected chi connectivity index (χ4v) is 6.08. The fourth-order valence-electron chi connectivity index (χ4n) is 6.08. The van der Waals surface area contributed by atoms with Crippen molar-refractivity contribution >= 4 is 11.7 Å². The Labute approximate surface area is 176 Å². The predicted octanol–water partition coefficient (Wildman–Crippen LogP) is 5.95. The van der Waals surface area contributed by atoms with E-state index in [9.17, 15) is 4.79 Å². The molecule has 1 aromatic rings. The maximum absolute atomic E-state index is 13.2. The van der Waals surface area contributed by atoms with E-state index in [1.54, 1.807) is 5.01 Å². The van der Waals surface area contributed by atoms with Crippen LogP contribution in [0.25, 0.3) is 0 Å². The Morgan fingerprint density at radius 2 is 1.97 bits per heavy atom. The van der Waals surface area contributed by atoms with E-state index in [0.29, 0.717) is 12.0 Å². The molecule has 1 aromatic carbocycles. The zero-order chi connectivity index (χ0) is 20.6. The third-order valence-electron chi connectivity index (χ3n) is 8.57. The van der Waals surface area contributed by atoms with Crippen LogP contribution >= 0.6 is 0 Å². The number of unbranched alkanes of at least 4 members (excludes halogenated alkanes) is 2. The topological polar surface area (TPSA) is 44.7 Å². The Morgan fingerprint density at radius 1 is 1.21 bits per heavy atom. The number of fused-ring (bicyclic) bond motifs is 2. The van der Waals surface area contributed by atoms with Crippen LogP contribution in [0.3, 0.4) is 0 Å². The molecule has 29 heavy (non-hydrogen) atoms. The second-order valence-corrected chi connectivity index (χ2v) is 10.2. The summed E-state index contributed by atoms with van der Waals surface area (Å²) in [5, 5.41) is 9.92. The summed E-state index contributed by atoms with van der Waals surface area (Å²) in [6, 6.07) is 10.8. The zero-order valence-electron chi connectivity index (χ0n) is 18.6. The summed E-state index contributed by atoms with van der Waals surface area (Å²) < 4.78 is 0. The number of carbonyl (C=O) groups is 1. The quantitative estimate of drug-likeness (QED) is 0.595. The van der Waals surface area contributed by atoms with Crippen molar-refractivity contribution in [1.29, 1.82) is 0 Å². The van der Waals surface area contributed by atoms with Crippen molar-refractivity contribution in [1.82, 2.24) is 10.3 Å². The third-order valence-corrected chi connectivity index (χ3v) is 8.57. The number of rotatable bonds is 6. The maximum Gasteiger partial charge on any atom is 0.338 e. The van der Waals surface area contributed by atoms with Gasteiger partial charge in [-0.3, -0.25) is 0 Å². The minimum atomic E-state index is -0.00834. The fraction of sp³-hybridized carbons (Fsp3) is 0.680. The first kappa shape index (κ1) is 20.4. The van der Waals surface area contributed by atoms with Crippen LogP contribution in [0.2, 0.25) is 0 Å². The van der Waals surface area contributed by atoms with Crippen LogP contribution in [-0.4, -0.2) is 29.3 Å². The Hall–Kier alpha value is -1.84. The first-order valence-corrected chi connectivity index (χ1v) is 11.6.